The molecule has 0 aromatic carbocycles. The van der Waals surface area contributed by atoms with Gasteiger partial charge in [-0.15, -0.1) is 0 Å². The van der Waals surface area contributed by atoms with Crippen LogP contribution in [0.25, 0.3) is 0 Å². The summed E-state index contributed by atoms with van der Waals surface area (Å²) in [4.78, 5) is 17.5. The Kier molecular flexibility index (Phi) is 4.41. The number of ether oxygens (including phenoxy) is 1. The number of amides is 1. The zero-order chi connectivity index (χ0) is 17.3. The Morgan fingerprint density at radius 3 is 2.92 bits per heavy atom. The molecule has 6 nitrogen and oxygen atoms in total. The largest absolute Gasteiger partial charge is 0.472 e. The van der Waals surface area contributed by atoms with Crippen molar-refractivity contribution in [3.8, 4) is 5.88 Å². The summed E-state index contributed by atoms with van der Waals surface area (Å²) in [7, 11) is 1.48. The lowest BCUT2D eigenvalue weighted by Crippen LogP contribution is -2.31. The number of carbonyl (C=O) groups is 1. The van der Waals surface area contributed by atoms with Crippen LogP contribution < -0.4 is 4.74 Å². The van der Waals surface area contributed by atoms with Gasteiger partial charge in [-0.1, -0.05) is 6.07 Å². The third-order valence-electron chi connectivity index (χ3n) is 3.70. The number of hydrogen-bond donors (Lipinski definition) is 0. The molecule has 2 aromatic rings. The first-order valence-corrected chi connectivity index (χ1v) is 7.34. The Bertz CT molecular complexity index is 750. The quantitative estimate of drug-likeness (QED) is 0.801. The van der Waals surface area contributed by atoms with E-state index in [-0.39, 0.29) is 24.1 Å². The van der Waals surface area contributed by atoms with E-state index < -0.39 is 24.0 Å². The maximum Gasteiger partial charge on any atom is 0.282 e. The standard InChI is InChI=1S/C15H15F3N4O2/c1-21-8-10(13(20-21)14(17)18)15(23)22-6-5-9(7-22)24-12-4-2-3-11(16)19-12/h2-4,8-9,14H,5-7H2,1H3. The first-order chi connectivity index (χ1) is 11.4. The van der Waals surface area contributed by atoms with Gasteiger partial charge in [0.15, 0.2) is 0 Å². The van der Waals surface area contributed by atoms with Crippen LogP contribution in [0.5, 0.6) is 5.88 Å². The van der Waals surface area contributed by atoms with E-state index >= 15 is 0 Å². The van der Waals surface area contributed by atoms with Crippen LogP contribution in [-0.2, 0) is 7.05 Å². The Hall–Kier alpha value is -2.58. The Labute approximate surface area is 135 Å². The molecule has 0 radical (unpaired) electrons. The lowest BCUT2D eigenvalue weighted by atomic mass is 10.2. The molecule has 1 fully saturated rings. The number of aromatic nitrogens is 3. The van der Waals surface area contributed by atoms with Gasteiger partial charge in [0.2, 0.25) is 11.8 Å². The Balaban J connectivity index is 1.68. The molecule has 1 atom stereocenters. The van der Waals surface area contributed by atoms with Crippen LogP contribution in [0.4, 0.5) is 13.2 Å². The summed E-state index contributed by atoms with van der Waals surface area (Å²) in [6, 6.07) is 4.19. The van der Waals surface area contributed by atoms with E-state index in [9.17, 15) is 18.0 Å². The molecule has 0 saturated carbocycles. The Morgan fingerprint density at radius 2 is 2.21 bits per heavy atom. The molecule has 0 aliphatic carbocycles. The lowest BCUT2D eigenvalue weighted by molar-refractivity contribution is 0.0758. The normalized spacial score (nSPS) is 17.5. The van der Waals surface area contributed by atoms with Gasteiger partial charge in [0, 0.05) is 32.3 Å². The average molecular weight is 340 g/mol. The minimum absolute atomic E-state index is 0.114. The van der Waals surface area contributed by atoms with Crippen molar-refractivity contribution >= 4 is 5.91 Å². The molecule has 0 bridgehead atoms. The zero-order valence-electron chi connectivity index (χ0n) is 12.8. The molecular formula is C15H15F3N4O2. The van der Waals surface area contributed by atoms with Crippen LogP contribution >= 0.6 is 0 Å². The van der Waals surface area contributed by atoms with E-state index in [1.807, 2.05) is 0 Å². The lowest BCUT2D eigenvalue weighted by Gasteiger charge is -2.16. The third kappa shape index (κ3) is 3.34. The SMILES string of the molecule is Cn1cc(C(=O)N2CCC(Oc3cccc(F)n3)C2)c(C(F)F)n1. The summed E-state index contributed by atoms with van der Waals surface area (Å²) in [5.41, 5.74) is -0.643. The van der Waals surface area contributed by atoms with Crippen LogP contribution in [0.1, 0.15) is 28.9 Å². The fourth-order valence-corrected chi connectivity index (χ4v) is 2.64. The molecule has 3 rings (SSSR count). The molecule has 1 aliphatic rings. The number of halogens is 3. The first kappa shape index (κ1) is 16.3. The monoisotopic (exact) mass is 340 g/mol. The molecule has 128 valence electrons. The molecule has 2 aromatic heterocycles. The summed E-state index contributed by atoms with van der Waals surface area (Å²) in [6.07, 6.45) is -1.40. The number of nitrogens with zero attached hydrogens (tertiary/aromatic N) is 4. The van der Waals surface area contributed by atoms with Crippen molar-refractivity contribution in [3.05, 3.63) is 41.6 Å². The second kappa shape index (κ2) is 6.50. The number of aryl methyl sites for hydroxylation is 1. The maximum absolute atomic E-state index is 13.1. The summed E-state index contributed by atoms with van der Waals surface area (Å²) in [6.45, 7) is 0.574. The van der Waals surface area contributed by atoms with Crippen molar-refractivity contribution in [2.24, 2.45) is 7.05 Å². The maximum atomic E-state index is 13.1. The number of hydrogen-bond acceptors (Lipinski definition) is 4. The molecule has 1 amide bonds. The van der Waals surface area contributed by atoms with E-state index in [1.54, 1.807) is 0 Å². The average Bonchev–Trinajstić information content (AvgIpc) is 3.13. The molecule has 1 saturated heterocycles. The minimum Gasteiger partial charge on any atom is -0.472 e. The van der Waals surface area contributed by atoms with Gasteiger partial charge in [0.1, 0.15) is 11.8 Å². The fourth-order valence-electron chi connectivity index (χ4n) is 2.64. The third-order valence-corrected chi connectivity index (χ3v) is 3.70. The summed E-state index contributed by atoms with van der Waals surface area (Å²) in [5, 5.41) is 3.64. The summed E-state index contributed by atoms with van der Waals surface area (Å²) in [5.74, 6) is -1.05. The van der Waals surface area contributed by atoms with Crippen LogP contribution in [0, 0.1) is 5.95 Å². The van der Waals surface area contributed by atoms with Gasteiger partial charge < -0.3 is 9.64 Å². The highest BCUT2D eigenvalue weighted by molar-refractivity contribution is 5.95. The van der Waals surface area contributed by atoms with Gasteiger partial charge in [-0.25, -0.2) is 8.78 Å². The van der Waals surface area contributed by atoms with Crippen LogP contribution in [0.2, 0.25) is 0 Å². The van der Waals surface area contributed by atoms with E-state index in [1.165, 1.54) is 41.0 Å². The summed E-state index contributed by atoms with van der Waals surface area (Å²) < 4.78 is 45.7. The van der Waals surface area contributed by atoms with E-state index in [0.29, 0.717) is 13.0 Å². The fraction of sp³-hybridized carbons (Fsp3) is 0.400. The van der Waals surface area contributed by atoms with Crippen molar-refractivity contribution in [1.29, 1.82) is 0 Å². The molecule has 0 spiro atoms. The highest BCUT2D eigenvalue weighted by atomic mass is 19.3. The number of rotatable bonds is 4. The minimum atomic E-state index is -2.82. The number of likely N-dealkylation sites (tertiary alicyclic amines) is 1. The molecular weight excluding hydrogens is 325 g/mol. The van der Waals surface area contributed by atoms with Crippen molar-refractivity contribution in [1.82, 2.24) is 19.7 Å². The molecule has 24 heavy (non-hydrogen) atoms. The predicted molar refractivity (Wildman–Crippen MR) is 77.3 cm³/mol. The number of pyridine rings is 1. The molecule has 0 N–H and O–H groups in total. The van der Waals surface area contributed by atoms with Gasteiger partial charge >= 0.3 is 0 Å². The smallest absolute Gasteiger partial charge is 0.282 e. The highest BCUT2D eigenvalue weighted by Crippen LogP contribution is 2.24. The topological polar surface area (TPSA) is 60.2 Å². The van der Waals surface area contributed by atoms with Crippen molar-refractivity contribution in [3.63, 3.8) is 0 Å². The van der Waals surface area contributed by atoms with Crippen molar-refractivity contribution in [2.45, 2.75) is 19.0 Å². The Morgan fingerprint density at radius 1 is 1.42 bits per heavy atom. The van der Waals surface area contributed by atoms with E-state index in [0.717, 1.165) is 0 Å². The second-order valence-corrected chi connectivity index (χ2v) is 5.48. The number of carbonyl (C=O) groups excluding carboxylic acids is 1. The van der Waals surface area contributed by atoms with E-state index in [4.69, 9.17) is 4.74 Å². The number of alkyl halides is 2. The van der Waals surface area contributed by atoms with Gasteiger partial charge in [-0.3, -0.25) is 9.48 Å². The highest BCUT2D eigenvalue weighted by Gasteiger charge is 2.32. The van der Waals surface area contributed by atoms with Crippen molar-refractivity contribution in [2.75, 3.05) is 13.1 Å². The summed E-state index contributed by atoms with van der Waals surface area (Å²) >= 11 is 0. The molecule has 3 heterocycles. The predicted octanol–water partition coefficient (Wildman–Crippen LogP) is 2.19. The zero-order valence-corrected chi connectivity index (χ0v) is 12.8. The van der Waals surface area contributed by atoms with Crippen LogP contribution in [0.15, 0.2) is 24.4 Å². The van der Waals surface area contributed by atoms with Crippen LogP contribution in [0.3, 0.4) is 0 Å². The van der Waals surface area contributed by atoms with Crippen molar-refractivity contribution < 1.29 is 22.7 Å². The second-order valence-electron chi connectivity index (χ2n) is 5.48. The molecule has 1 unspecified atom stereocenters. The van der Waals surface area contributed by atoms with Gasteiger partial charge in [-0.2, -0.15) is 14.5 Å². The molecule has 1 aliphatic heterocycles. The van der Waals surface area contributed by atoms with Gasteiger partial charge in [-0.05, 0) is 6.07 Å². The van der Waals surface area contributed by atoms with Gasteiger partial charge in [0.05, 0.1) is 12.1 Å². The van der Waals surface area contributed by atoms with Crippen LogP contribution in [-0.4, -0.2) is 44.8 Å². The first-order valence-electron chi connectivity index (χ1n) is 7.34. The molecule has 9 heteroatoms. The van der Waals surface area contributed by atoms with Gasteiger partial charge in [0.25, 0.3) is 12.3 Å². The van der Waals surface area contributed by atoms with E-state index in [2.05, 4.69) is 10.1 Å².